The van der Waals surface area contributed by atoms with Crippen molar-refractivity contribution in [2.45, 2.75) is 88.0 Å². The predicted octanol–water partition coefficient (Wildman–Crippen LogP) is 13.9. The van der Waals surface area contributed by atoms with Crippen molar-refractivity contribution in [3.63, 3.8) is 0 Å². The van der Waals surface area contributed by atoms with E-state index >= 15 is 0 Å². The summed E-state index contributed by atoms with van der Waals surface area (Å²) in [6, 6.07) is 10.0. The molecule has 0 saturated heterocycles. The minimum absolute atomic E-state index is 1.02. The molecule has 0 unspecified atom stereocenters. The third kappa shape index (κ3) is 106. The van der Waals surface area contributed by atoms with Crippen molar-refractivity contribution in [2.75, 3.05) is 0 Å². The molecule has 0 aliphatic heterocycles. The van der Waals surface area contributed by atoms with Gasteiger partial charge in [-0.2, -0.15) is 0 Å². The number of hydrogen-bond donors (Lipinski definition) is 0. The summed E-state index contributed by atoms with van der Waals surface area (Å²) in [5, 5.41) is 0. The number of rotatable bonds is 4. The van der Waals surface area contributed by atoms with Crippen molar-refractivity contribution in [3.8, 4) is 0 Å². The maximum Gasteiger partial charge on any atom is -0.0263 e. The van der Waals surface area contributed by atoms with Crippen LogP contribution in [0, 0.1) is 0 Å². The van der Waals surface area contributed by atoms with Gasteiger partial charge >= 0.3 is 0 Å². The van der Waals surface area contributed by atoms with Crippen molar-refractivity contribution >= 4 is 6.08 Å². The Morgan fingerprint density at radius 1 is 0.718 bits per heavy atom. The molecule has 0 heteroatoms. The molecule has 0 spiro atoms. The molecule has 0 amide bonds. The summed E-state index contributed by atoms with van der Waals surface area (Å²) in [5.74, 6) is 0. The predicted molar refractivity (Wildman–Crippen MR) is 191 cm³/mol. The molecular formula is C39H64. The normalized spacial score (nSPS) is 9.67. The lowest BCUT2D eigenvalue weighted by Crippen LogP contribution is -1.63. The van der Waals surface area contributed by atoms with Gasteiger partial charge in [0.1, 0.15) is 0 Å². The second kappa shape index (κ2) is 55.2. The van der Waals surface area contributed by atoms with E-state index < -0.39 is 0 Å². The fourth-order valence-electron chi connectivity index (χ4n) is 1.31. The Hall–Kier alpha value is -3.38. The summed E-state index contributed by atoms with van der Waals surface area (Å²) in [4.78, 5) is 0. The molecule has 1 aliphatic rings. The molecule has 0 saturated carbocycles. The molecule has 2 rings (SSSR count). The first-order valence-corrected chi connectivity index (χ1v) is 13.8. The van der Waals surface area contributed by atoms with Crippen molar-refractivity contribution in [1.29, 1.82) is 0 Å². The van der Waals surface area contributed by atoms with Gasteiger partial charge in [-0.3, -0.25) is 0 Å². The van der Waals surface area contributed by atoms with Gasteiger partial charge < -0.3 is 0 Å². The minimum atomic E-state index is 1.02. The SMILES string of the molecule is C/C=C/C.C/C=C\C.C1=CCCC1.C=C(C)C.C=CC(=C)C.C=CC=CC.C=CCC.C=Cc1ccccc1. The third-order valence-corrected chi connectivity index (χ3v) is 3.58. The van der Waals surface area contributed by atoms with Gasteiger partial charge in [-0.05, 0) is 86.6 Å². The topological polar surface area (TPSA) is 0 Å². The first-order valence-electron chi connectivity index (χ1n) is 13.8. The zero-order valence-electron chi connectivity index (χ0n) is 27.4. The Morgan fingerprint density at radius 2 is 1.08 bits per heavy atom. The Morgan fingerprint density at radius 3 is 1.18 bits per heavy atom. The average molecular weight is 533 g/mol. The van der Waals surface area contributed by atoms with Crippen LogP contribution in [-0.2, 0) is 0 Å². The van der Waals surface area contributed by atoms with Crippen LogP contribution in [0.15, 0.2) is 148 Å². The molecule has 0 aromatic heterocycles. The van der Waals surface area contributed by atoms with E-state index in [0.717, 1.165) is 12.0 Å². The highest BCUT2D eigenvalue weighted by Gasteiger charge is 1.84. The Bertz CT molecular complexity index is 720. The summed E-state index contributed by atoms with van der Waals surface area (Å²) in [6.07, 6.45) is 28.6. The van der Waals surface area contributed by atoms with Crippen LogP contribution in [0.2, 0.25) is 0 Å². The first-order chi connectivity index (χ1) is 18.6. The highest BCUT2D eigenvalue weighted by molar-refractivity contribution is 5.45. The molecule has 0 bridgehead atoms. The fourth-order valence-corrected chi connectivity index (χ4v) is 1.31. The zero-order chi connectivity index (χ0) is 31.6. The van der Waals surface area contributed by atoms with Crippen LogP contribution in [0.5, 0.6) is 0 Å². The number of hydrogen-bond acceptors (Lipinski definition) is 0. The van der Waals surface area contributed by atoms with Crippen molar-refractivity contribution in [1.82, 2.24) is 0 Å². The molecule has 1 aromatic rings. The second-order valence-electron chi connectivity index (χ2n) is 8.07. The summed E-state index contributed by atoms with van der Waals surface area (Å²) < 4.78 is 0. The summed E-state index contributed by atoms with van der Waals surface area (Å²) in [5.41, 5.74) is 3.36. The lowest BCUT2D eigenvalue weighted by atomic mass is 10.2. The molecule has 0 nitrogen and oxygen atoms in total. The number of benzene rings is 1. The Kier molecular flexibility index (Phi) is 68.9. The molecule has 220 valence electrons. The standard InChI is InChI=1S/C8H8.3C5H8.4C4H8/c1-2-8-6-4-3-5-7-8;1-2-4-5-3-1;1-4-5(2)3;1-3-5-4-2;1-4(2)3;3*1-3-4-2/h2-7H,1H2;1-2H,3-5H2;4H,1-2H2,3H3;3-5H,1H2,2H3;1H2,2-3H3;2*3-4H,1-2H3;3H,1,4H2,2H3/b;;;;;4-3+;4-3-;. The molecule has 1 aromatic carbocycles. The van der Waals surface area contributed by atoms with Crippen LogP contribution in [0.25, 0.3) is 6.08 Å². The van der Waals surface area contributed by atoms with Crippen molar-refractivity contribution in [2.24, 2.45) is 0 Å². The average Bonchev–Trinajstić information content (AvgIpc) is 3.55. The second-order valence-corrected chi connectivity index (χ2v) is 8.07. The zero-order valence-corrected chi connectivity index (χ0v) is 27.4. The fraction of sp³-hybridized carbons (Fsp3) is 0.333. The maximum atomic E-state index is 3.63. The highest BCUT2D eigenvalue weighted by atomic mass is 13.9. The van der Waals surface area contributed by atoms with E-state index in [1.54, 1.807) is 12.2 Å². The maximum absolute atomic E-state index is 3.63. The van der Waals surface area contributed by atoms with Crippen LogP contribution in [0.1, 0.15) is 93.6 Å². The van der Waals surface area contributed by atoms with E-state index in [2.05, 4.69) is 58.5 Å². The summed E-state index contributed by atoms with van der Waals surface area (Å²) in [6.45, 7) is 39.0. The quantitative estimate of drug-likeness (QED) is 0.267. The van der Waals surface area contributed by atoms with Crippen LogP contribution >= 0.6 is 0 Å². The van der Waals surface area contributed by atoms with Gasteiger partial charge in [0.05, 0.1) is 0 Å². The molecular weight excluding hydrogens is 468 g/mol. The molecule has 0 fully saturated rings. The monoisotopic (exact) mass is 533 g/mol. The lowest BCUT2D eigenvalue weighted by molar-refractivity contribution is 0.929. The van der Waals surface area contributed by atoms with E-state index in [4.69, 9.17) is 0 Å². The summed E-state index contributed by atoms with van der Waals surface area (Å²) in [7, 11) is 0. The molecule has 0 heterocycles. The van der Waals surface area contributed by atoms with Crippen molar-refractivity contribution < 1.29 is 0 Å². The minimum Gasteiger partial charge on any atom is -0.103 e. The van der Waals surface area contributed by atoms with Crippen LogP contribution in [-0.4, -0.2) is 0 Å². The lowest BCUT2D eigenvalue weighted by Gasteiger charge is -1.85. The van der Waals surface area contributed by atoms with Gasteiger partial charge in [-0.15, -0.1) is 13.2 Å². The summed E-state index contributed by atoms with van der Waals surface area (Å²) >= 11 is 0. The van der Waals surface area contributed by atoms with Crippen molar-refractivity contribution in [3.05, 3.63) is 153 Å². The molecule has 0 N–H and O–H groups in total. The Labute approximate surface area is 247 Å². The van der Waals surface area contributed by atoms with E-state index in [1.807, 2.05) is 134 Å². The smallest absolute Gasteiger partial charge is 0.0263 e. The Balaban J connectivity index is -0.0000000811. The molecule has 39 heavy (non-hydrogen) atoms. The van der Waals surface area contributed by atoms with Gasteiger partial charge in [0.15, 0.2) is 0 Å². The van der Waals surface area contributed by atoms with Gasteiger partial charge in [0.2, 0.25) is 0 Å². The molecule has 1 aliphatic carbocycles. The third-order valence-electron chi connectivity index (χ3n) is 3.58. The van der Waals surface area contributed by atoms with Gasteiger partial charge in [0, 0.05) is 0 Å². The van der Waals surface area contributed by atoms with Crippen LogP contribution < -0.4 is 0 Å². The number of allylic oxidation sites excluding steroid dienone is 13. The highest BCUT2D eigenvalue weighted by Crippen LogP contribution is 2.05. The largest absolute Gasteiger partial charge is 0.103 e. The van der Waals surface area contributed by atoms with E-state index in [9.17, 15) is 0 Å². The van der Waals surface area contributed by atoms with Crippen LogP contribution in [0.3, 0.4) is 0 Å². The van der Waals surface area contributed by atoms with Gasteiger partial charge in [-0.25, -0.2) is 0 Å². The van der Waals surface area contributed by atoms with Gasteiger partial charge in [0.25, 0.3) is 0 Å². The van der Waals surface area contributed by atoms with Gasteiger partial charge in [-0.1, -0.05) is 148 Å². The van der Waals surface area contributed by atoms with E-state index in [-0.39, 0.29) is 0 Å². The molecule has 0 radical (unpaired) electrons. The van der Waals surface area contributed by atoms with E-state index in [1.165, 1.54) is 30.4 Å². The molecule has 0 atom stereocenters. The van der Waals surface area contributed by atoms with E-state index in [0.29, 0.717) is 0 Å². The van der Waals surface area contributed by atoms with Crippen LogP contribution in [0.4, 0.5) is 0 Å². The first kappa shape index (κ1) is 48.7.